The molecule has 1 N–H and O–H groups in total. The summed E-state index contributed by atoms with van der Waals surface area (Å²) in [5.41, 5.74) is 1.32. The van der Waals surface area contributed by atoms with Crippen LogP contribution in [0.5, 0.6) is 11.5 Å². The Hall–Kier alpha value is -3.26. The average molecular weight is 350 g/mol. The molecule has 0 radical (unpaired) electrons. The molecule has 134 valence electrons. The van der Waals surface area contributed by atoms with Crippen LogP contribution in [0, 0.1) is 17.2 Å². The molecule has 0 atom stereocenters. The Morgan fingerprint density at radius 3 is 2.54 bits per heavy atom. The summed E-state index contributed by atoms with van der Waals surface area (Å²) in [4.78, 5) is 12.3. The van der Waals surface area contributed by atoms with Crippen molar-refractivity contribution in [3.8, 4) is 17.6 Å². The first-order valence-electron chi connectivity index (χ1n) is 8.32. The van der Waals surface area contributed by atoms with E-state index in [0.29, 0.717) is 35.3 Å². The van der Waals surface area contributed by atoms with Crippen LogP contribution < -0.4 is 14.8 Å². The van der Waals surface area contributed by atoms with Gasteiger partial charge in [0.05, 0.1) is 13.7 Å². The quantitative estimate of drug-likeness (QED) is 0.598. The highest BCUT2D eigenvalue weighted by molar-refractivity contribution is 6.09. The Morgan fingerprint density at radius 1 is 1.19 bits per heavy atom. The lowest BCUT2D eigenvalue weighted by Gasteiger charge is -2.13. The lowest BCUT2D eigenvalue weighted by atomic mass is 10.1. The summed E-state index contributed by atoms with van der Waals surface area (Å²) in [6.45, 7) is 4.71. The number of hydrogen-bond acceptors (Lipinski definition) is 4. The maximum atomic E-state index is 12.3. The van der Waals surface area contributed by atoms with Crippen molar-refractivity contribution in [1.82, 2.24) is 0 Å². The Labute approximate surface area is 153 Å². The fourth-order valence-electron chi connectivity index (χ4n) is 2.18. The lowest BCUT2D eigenvalue weighted by Crippen LogP contribution is -2.13. The van der Waals surface area contributed by atoms with Gasteiger partial charge in [-0.25, -0.2) is 0 Å². The lowest BCUT2D eigenvalue weighted by molar-refractivity contribution is -0.112. The molecule has 0 aliphatic heterocycles. The second kappa shape index (κ2) is 9.28. The fraction of sp³-hybridized carbons (Fsp3) is 0.238. The minimum Gasteiger partial charge on any atom is -0.493 e. The summed E-state index contributed by atoms with van der Waals surface area (Å²) in [7, 11) is 1.55. The van der Waals surface area contributed by atoms with Crippen molar-refractivity contribution < 1.29 is 14.3 Å². The van der Waals surface area contributed by atoms with Gasteiger partial charge in [0, 0.05) is 5.69 Å². The van der Waals surface area contributed by atoms with Crippen molar-refractivity contribution in [3.63, 3.8) is 0 Å². The van der Waals surface area contributed by atoms with Gasteiger partial charge in [0.1, 0.15) is 11.6 Å². The molecule has 0 aliphatic rings. The zero-order chi connectivity index (χ0) is 18.9. The number of carbonyl (C=O) groups excluding carboxylic acids is 1. The molecule has 0 bridgehead atoms. The third-order valence-corrected chi connectivity index (χ3v) is 3.47. The van der Waals surface area contributed by atoms with Crippen LogP contribution in [0.1, 0.15) is 19.4 Å². The molecule has 0 aromatic heterocycles. The molecular weight excluding hydrogens is 328 g/mol. The predicted molar refractivity (Wildman–Crippen MR) is 102 cm³/mol. The van der Waals surface area contributed by atoms with Gasteiger partial charge in [-0.1, -0.05) is 38.1 Å². The first-order chi connectivity index (χ1) is 12.5. The number of nitriles is 1. The molecule has 26 heavy (non-hydrogen) atoms. The maximum absolute atomic E-state index is 12.3. The zero-order valence-electron chi connectivity index (χ0n) is 15.2. The van der Waals surface area contributed by atoms with E-state index in [0.717, 1.165) is 0 Å². The number of ether oxygens (including phenoxy) is 2. The van der Waals surface area contributed by atoms with E-state index in [9.17, 15) is 10.1 Å². The van der Waals surface area contributed by atoms with Gasteiger partial charge < -0.3 is 14.8 Å². The number of amides is 1. The van der Waals surface area contributed by atoms with E-state index in [-0.39, 0.29) is 5.57 Å². The van der Waals surface area contributed by atoms with Crippen LogP contribution in [-0.4, -0.2) is 19.6 Å². The van der Waals surface area contributed by atoms with Crippen LogP contribution in [0.25, 0.3) is 6.08 Å². The molecule has 0 aliphatic carbocycles. The van der Waals surface area contributed by atoms with E-state index in [2.05, 4.69) is 19.2 Å². The molecule has 2 rings (SSSR count). The SMILES string of the molecule is COc1cc(/C=C(/C#N)C(=O)Nc2ccccc2)ccc1OCC(C)C. The number of methoxy groups -OCH3 is 1. The van der Waals surface area contributed by atoms with E-state index < -0.39 is 5.91 Å². The number of anilines is 1. The van der Waals surface area contributed by atoms with E-state index in [1.165, 1.54) is 6.08 Å². The first-order valence-corrected chi connectivity index (χ1v) is 8.32. The van der Waals surface area contributed by atoms with Crippen LogP contribution in [0.2, 0.25) is 0 Å². The highest BCUT2D eigenvalue weighted by atomic mass is 16.5. The van der Waals surface area contributed by atoms with Crippen LogP contribution in [0.4, 0.5) is 5.69 Å². The van der Waals surface area contributed by atoms with Crippen LogP contribution in [0.15, 0.2) is 54.1 Å². The van der Waals surface area contributed by atoms with Crippen LogP contribution in [0.3, 0.4) is 0 Å². The Bertz CT molecular complexity index is 821. The first kappa shape index (κ1) is 19.1. The molecule has 0 heterocycles. The summed E-state index contributed by atoms with van der Waals surface area (Å²) in [6, 6.07) is 16.2. The van der Waals surface area contributed by atoms with E-state index >= 15 is 0 Å². The van der Waals surface area contributed by atoms with Gasteiger partial charge in [0.15, 0.2) is 11.5 Å². The molecule has 5 nitrogen and oxygen atoms in total. The Balaban J connectivity index is 2.20. The second-order valence-electron chi connectivity index (χ2n) is 6.11. The molecule has 0 fully saturated rings. The average Bonchev–Trinajstić information content (AvgIpc) is 2.65. The normalized spacial score (nSPS) is 11.0. The Morgan fingerprint density at radius 2 is 1.92 bits per heavy atom. The summed E-state index contributed by atoms with van der Waals surface area (Å²) in [5.74, 6) is 1.12. The van der Waals surface area contributed by atoms with Crippen molar-refractivity contribution in [2.45, 2.75) is 13.8 Å². The smallest absolute Gasteiger partial charge is 0.266 e. The molecule has 5 heteroatoms. The molecule has 0 spiro atoms. The van der Waals surface area contributed by atoms with Gasteiger partial charge in [-0.05, 0) is 41.8 Å². The van der Waals surface area contributed by atoms with Gasteiger partial charge >= 0.3 is 0 Å². The largest absolute Gasteiger partial charge is 0.493 e. The van der Waals surface area contributed by atoms with E-state index in [4.69, 9.17) is 9.47 Å². The number of hydrogen-bond donors (Lipinski definition) is 1. The van der Waals surface area contributed by atoms with Crippen molar-refractivity contribution in [2.75, 3.05) is 19.0 Å². The number of para-hydroxylation sites is 1. The number of carbonyl (C=O) groups is 1. The summed E-state index contributed by atoms with van der Waals surface area (Å²) in [5, 5.41) is 12.0. The van der Waals surface area contributed by atoms with Gasteiger partial charge in [-0.15, -0.1) is 0 Å². The Kier molecular flexibility index (Phi) is 6.81. The van der Waals surface area contributed by atoms with E-state index in [1.54, 1.807) is 37.4 Å². The van der Waals surface area contributed by atoms with Gasteiger partial charge in [0.2, 0.25) is 0 Å². The standard InChI is InChI=1S/C21H22N2O3/c1-15(2)14-26-19-10-9-16(12-20(19)25-3)11-17(13-22)21(24)23-18-7-5-4-6-8-18/h4-12,15H,14H2,1-3H3,(H,23,24)/b17-11-. The van der Waals surface area contributed by atoms with E-state index in [1.807, 2.05) is 24.3 Å². The summed E-state index contributed by atoms with van der Waals surface area (Å²) in [6.07, 6.45) is 1.52. The fourth-order valence-corrected chi connectivity index (χ4v) is 2.18. The number of nitrogens with zero attached hydrogens (tertiary/aromatic N) is 1. The molecule has 0 unspecified atom stereocenters. The summed E-state index contributed by atoms with van der Waals surface area (Å²) < 4.78 is 11.1. The topological polar surface area (TPSA) is 71.3 Å². The number of rotatable bonds is 7. The minimum atomic E-state index is -0.460. The third-order valence-electron chi connectivity index (χ3n) is 3.47. The molecule has 2 aromatic rings. The molecule has 2 aromatic carbocycles. The summed E-state index contributed by atoms with van der Waals surface area (Å²) >= 11 is 0. The second-order valence-corrected chi connectivity index (χ2v) is 6.11. The minimum absolute atomic E-state index is 0.00625. The van der Waals surface area contributed by atoms with Crippen molar-refractivity contribution in [1.29, 1.82) is 5.26 Å². The number of nitrogens with one attached hydrogen (secondary N) is 1. The molecule has 0 saturated heterocycles. The molecular formula is C21H22N2O3. The molecule has 1 amide bonds. The van der Waals surface area contributed by atoms with Crippen molar-refractivity contribution in [2.24, 2.45) is 5.92 Å². The monoisotopic (exact) mass is 350 g/mol. The van der Waals surface area contributed by atoms with Gasteiger partial charge in [0.25, 0.3) is 5.91 Å². The van der Waals surface area contributed by atoms with Crippen LogP contribution >= 0.6 is 0 Å². The van der Waals surface area contributed by atoms with Crippen molar-refractivity contribution in [3.05, 3.63) is 59.7 Å². The van der Waals surface area contributed by atoms with Crippen molar-refractivity contribution >= 4 is 17.7 Å². The van der Waals surface area contributed by atoms with Crippen LogP contribution in [-0.2, 0) is 4.79 Å². The highest BCUT2D eigenvalue weighted by Gasteiger charge is 2.11. The third kappa shape index (κ3) is 5.38. The van der Waals surface area contributed by atoms with Gasteiger partial charge in [-0.2, -0.15) is 5.26 Å². The zero-order valence-corrected chi connectivity index (χ0v) is 15.2. The van der Waals surface area contributed by atoms with Gasteiger partial charge in [-0.3, -0.25) is 4.79 Å². The highest BCUT2D eigenvalue weighted by Crippen LogP contribution is 2.29. The predicted octanol–water partition coefficient (Wildman–Crippen LogP) is 4.28. The number of benzene rings is 2. The molecule has 0 saturated carbocycles. The maximum Gasteiger partial charge on any atom is 0.266 e.